The lowest BCUT2D eigenvalue weighted by molar-refractivity contribution is -0.655. The smallest absolute Gasteiger partial charge is 0.220 e. The molecule has 0 fully saturated rings. The number of nitrogens with zero attached hydrogens (tertiary/aromatic N) is 2. The normalized spacial score (nSPS) is 11.0. The molecule has 0 aliphatic heterocycles. The maximum absolute atomic E-state index is 6.10. The molecule has 0 saturated carbocycles. The monoisotopic (exact) mass is 644 g/mol. The van der Waals surface area contributed by atoms with Crippen LogP contribution in [0.25, 0.3) is 65.9 Å². The van der Waals surface area contributed by atoms with E-state index in [0.29, 0.717) is 0 Å². The number of aryl methyl sites for hydroxylation is 2. The third-order valence-corrected chi connectivity index (χ3v) is 9.07. The van der Waals surface area contributed by atoms with Gasteiger partial charge in [-0.1, -0.05) is 48.5 Å². The van der Waals surface area contributed by atoms with Crippen molar-refractivity contribution in [2.24, 2.45) is 0 Å². The lowest BCUT2D eigenvalue weighted by Gasteiger charge is -2.12. The van der Waals surface area contributed by atoms with Crippen molar-refractivity contribution in [3.8, 4) is 22.5 Å². The Morgan fingerprint density at radius 2 is 0.714 bits per heavy atom. The van der Waals surface area contributed by atoms with E-state index in [1.807, 2.05) is 36.4 Å². The molecule has 0 aliphatic carbocycles. The van der Waals surface area contributed by atoms with Crippen LogP contribution in [0.5, 0.6) is 0 Å². The SMILES string of the molecule is CC[n+]1c(-c2ccccc2)c2cc(N)ccc2c2ccc(N)cc21.CC[n+]1c(-c2ccccc2)c2cc(N)ccc2c2ccc(N)cc21.[O-2]. The first-order valence-corrected chi connectivity index (χ1v) is 16.4. The van der Waals surface area contributed by atoms with Gasteiger partial charge in [0.1, 0.15) is 13.1 Å². The summed E-state index contributed by atoms with van der Waals surface area (Å²) in [5.41, 5.74) is 34.5. The van der Waals surface area contributed by atoms with Crippen LogP contribution in [-0.2, 0) is 18.6 Å². The maximum Gasteiger partial charge on any atom is 0.220 e. The fourth-order valence-corrected chi connectivity index (χ4v) is 6.99. The van der Waals surface area contributed by atoms with Gasteiger partial charge >= 0.3 is 0 Å². The summed E-state index contributed by atoms with van der Waals surface area (Å²) in [6.07, 6.45) is 0. The second-order valence-corrected chi connectivity index (χ2v) is 12.1. The van der Waals surface area contributed by atoms with Gasteiger partial charge in [0.25, 0.3) is 0 Å². The van der Waals surface area contributed by atoms with E-state index in [9.17, 15) is 0 Å². The van der Waals surface area contributed by atoms with Crippen molar-refractivity contribution in [3.63, 3.8) is 0 Å². The molecule has 8 N–H and O–H groups in total. The molecule has 8 aromatic rings. The molecule has 0 atom stereocenters. The molecule has 2 aromatic heterocycles. The Morgan fingerprint density at radius 3 is 1.06 bits per heavy atom. The van der Waals surface area contributed by atoms with Crippen LogP contribution in [0.15, 0.2) is 133 Å². The van der Waals surface area contributed by atoms with Gasteiger partial charge in [0.2, 0.25) is 22.4 Å². The van der Waals surface area contributed by atoms with E-state index in [-0.39, 0.29) is 5.48 Å². The van der Waals surface area contributed by atoms with Crippen LogP contribution in [0, 0.1) is 0 Å². The number of nitrogens with two attached hydrogens (primary N) is 4. The maximum atomic E-state index is 6.10. The van der Waals surface area contributed by atoms with Crippen LogP contribution in [0.1, 0.15) is 13.8 Å². The van der Waals surface area contributed by atoms with Gasteiger partial charge in [-0.3, -0.25) is 0 Å². The Hall–Kier alpha value is -6.18. The van der Waals surface area contributed by atoms with E-state index in [4.69, 9.17) is 22.9 Å². The molecule has 0 saturated heterocycles. The van der Waals surface area contributed by atoms with Gasteiger partial charge in [0.15, 0.2) is 0 Å². The first-order valence-electron chi connectivity index (χ1n) is 16.4. The summed E-state index contributed by atoms with van der Waals surface area (Å²) in [7, 11) is 0. The summed E-state index contributed by atoms with van der Waals surface area (Å²) in [5, 5.41) is 7.12. The van der Waals surface area contributed by atoms with Crippen LogP contribution in [0.3, 0.4) is 0 Å². The minimum absolute atomic E-state index is 0. The van der Waals surface area contributed by atoms with Crippen LogP contribution in [-0.4, -0.2) is 0 Å². The highest BCUT2D eigenvalue weighted by Gasteiger charge is 2.24. The van der Waals surface area contributed by atoms with Crippen LogP contribution < -0.4 is 32.1 Å². The van der Waals surface area contributed by atoms with E-state index in [1.165, 1.54) is 54.8 Å². The van der Waals surface area contributed by atoms with Gasteiger partial charge in [0.05, 0.1) is 21.5 Å². The van der Waals surface area contributed by atoms with E-state index < -0.39 is 0 Å². The van der Waals surface area contributed by atoms with Gasteiger partial charge < -0.3 is 28.4 Å². The van der Waals surface area contributed by atoms with E-state index in [1.54, 1.807) is 0 Å². The lowest BCUT2D eigenvalue weighted by atomic mass is 9.98. The fraction of sp³-hybridized carbons (Fsp3) is 0.0952. The van der Waals surface area contributed by atoms with E-state index >= 15 is 0 Å². The summed E-state index contributed by atoms with van der Waals surface area (Å²) in [6, 6.07) is 45.4. The minimum atomic E-state index is 0. The number of benzene rings is 6. The Balaban J connectivity index is 0.000000167. The van der Waals surface area contributed by atoms with Gasteiger partial charge in [0, 0.05) is 56.8 Å². The molecule has 0 amide bonds. The number of fused-ring (bicyclic) bond motifs is 6. The molecule has 49 heavy (non-hydrogen) atoms. The Labute approximate surface area is 285 Å². The summed E-state index contributed by atoms with van der Waals surface area (Å²) in [5.74, 6) is 0. The molecule has 0 unspecified atom stereocenters. The highest BCUT2D eigenvalue weighted by atomic mass is 16.0. The Kier molecular flexibility index (Phi) is 9.03. The number of rotatable bonds is 4. The molecule has 7 nitrogen and oxygen atoms in total. The first kappa shape index (κ1) is 32.7. The zero-order valence-electron chi connectivity index (χ0n) is 27.7. The Bertz CT molecular complexity index is 2290. The highest BCUT2D eigenvalue weighted by Crippen LogP contribution is 2.34. The Morgan fingerprint density at radius 1 is 0.388 bits per heavy atom. The molecular formula is C42H40N6O. The van der Waals surface area contributed by atoms with Crippen LogP contribution in [0.4, 0.5) is 22.7 Å². The molecular weight excluding hydrogens is 605 g/mol. The molecule has 0 aliphatic rings. The summed E-state index contributed by atoms with van der Waals surface area (Å²) >= 11 is 0. The number of aromatic nitrogens is 2. The van der Waals surface area contributed by atoms with Crippen molar-refractivity contribution < 1.29 is 14.6 Å². The van der Waals surface area contributed by atoms with Crippen molar-refractivity contribution in [3.05, 3.63) is 133 Å². The topological polar surface area (TPSA) is 140 Å². The molecule has 0 spiro atoms. The molecule has 0 radical (unpaired) electrons. The summed E-state index contributed by atoms with van der Waals surface area (Å²) in [6.45, 7) is 6.03. The zero-order chi connectivity index (χ0) is 33.4. The number of pyridine rings is 2. The molecule has 7 heteroatoms. The van der Waals surface area contributed by atoms with Gasteiger partial charge in [-0.25, -0.2) is 0 Å². The van der Waals surface area contributed by atoms with Crippen molar-refractivity contribution >= 4 is 66.1 Å². The molecule has 2 heterocycles. The van der Waals surface area contributed by atoms with Crippen molar-refractivity contribution in [2.45, 2.75) is 26.9 Å². The molecule has 8 rings (SSSR count). The largest absolute Gasteiger partial charge is 2.00 e. The molecule has 6 aromatic carbocycles. The van der Waals surface area contributed by atoms with Gasteiger partial charge in [-0.15, -0.1) is 0 Å². The van der Waals surface area contributed by atoms with Crippen molar-refractivity contribution in [2.75, 3.05) is 22.9 Å². The number of hydrogen-bond acceptors (Lipinski definition) is 4. The second kappa shape index (κ2) is 13.5. The minimum Gasteiger partial charge on any atom is -2.00 e. The number of nitrogen functional groups attached to an aromatic ring is 4. The van der Waals surface area contributed by atoms with Gasteiger partial charge in [-0.05, 0) is 86.6 Å². The molecule has 244 valence electrons. The molecule has 0 bridgehead atoms. The zero-order valence-corrected chi connectivity index (χ0v) is 27.7. The van der Waals surface area contributed by atoms with Gasteiger partial charge in [-0.2, -0.15) is 9.13 Å². The lowest BCUT2D eigenvalue weighted by Crippen LogP contribution is -2.36. The standard InChI is InChI=1S/2C21H19N3.O/c2*1-2-24-20-13-16(23)9-11-18(20)17-10-8-15(22)12-19(17)21(24)14-6-4-3-5-7-14;/h2*3-13,23H,2,22H2,1H3;/q;;-2/p+2. The first-order chi connectivity index (χ1) is 23.4. The summed E-state index contributed by atoms with van der Waals surface area (Å²) in [4.78, 5) is 0. The predicted molar refractivity (Wildman–Crippen MR) is 204 cm³/mol. The average Bonchev–Trinajstić information content (AvgIpc) is 3.11. The summed E-state index contributed by atoms with van der Waals surface area (Å²) < 4.78 is 4.64. The third kappa shape index (κ3) is 5.92. The van der Waals surface area contributed by atoms with Crippen molar-refractivity contribution in [1.82, 2.24) is 0 Å². The van der Waals surface area contributed by atoms with Crippen molar-refractivity contribution in [1.29, 1.82) is 0 Å². The third-order valence-electron chi connectivity index (χ3n) is 9.07. The van der Waals surface area contributed by atoms with E-state index in [2.05, 4.69) is 120 Å². The number of anilines is 4. The second-order valence-electron chi connectivity index (χ2n) is 12.1. The average molecular weight is 645 g/mol. The highest BCUT2D eigenvalue weighted by molar-refractivity contribution is 6.11. The van der Waals surface area contributed by atoms with E-state index in [0.717, 1.165) is 46.9 Å². The predicted octanol–water partition coefficient (Wildman–Crippen LogP) is 8.14. The number of hydrogen-bond donors (Lipinski definition) is 4. The van der Waals surface area contributed by atoms with Crippen LogP contribution in [0.2, 0.25) is 0 Å². The quantitative estimate of drug-likeness (QED) is 0.0872. The van der Waals surface area contributed by atoms with Crippen LogP contribution >= 0.6 is 0 Å². The fourth-order valence-electron chi connectivity index (χ4n) is 6.99.